The number of hydrogen-bond donors (Lipinski definition) is 2. The maximum absolute atomic E-state index is 11.7. The van der Waals surface area contributed by atoms with Crippen molar-refractivity contribution in [1.82, 2.24) is 5.32 Å². The van der Waals surface area contributed by atoms with Crippen LogP contribution in [0.3, 0.4) is 0 Å². The van der Waals surface area contributed by atoms with Crippen LogP contribution in [0.1, 0.15) is 20.3 Å². The summed E-state index contributed by atoms with van der Waals surface area (Å²) in [6.45, 7) is 1.09. The Morgan fingerprint density at radius 3 is 2.07 bits per heavy atom. The molecule has 0 aliphatic heterocycles. The summed E-state index contributed by atoms with van der Waals surface area (Å²) in [6, 6.07) is 0. The van der Waals surface area contributed by atoms with E-state index in [1.165, 1.54) is 13.8 Å². The highest BCUT2D eigenvalue weighted by atomic mass is 19.4. The number of amides is 1. The number of alkyl halides is 3. The summed E-state index contributed by atoms with van der Waals surface area (Å²) in [5, 5.41) is 10.2. The van der Waals surface area contributed by atoms with Gasteiger partial charge in [-0.25, -0.2) is 0 Å². The number of carboxylic acid groups (broad SMARTS) is 1. The number of halogens is 3. The van der Waals surface area contributed by atoms with E-state index in [2.05, 4.69) is 0 Å². The summed E-state index contributed by atoms with van der Waals surface area (Å²) in [5.41, 5.74) is -1.37. The Morgan fingerprint density at radius 1 is 1.27 bits per heavy atom. The van der Waals surface area contributed by atoms with Crippen molar-refractivity contribution in [2.24, 2.45) is 5.41 Å². The average Bonchev–Trinajstić information content (AvgIpc) is 1.98. The Bertz CT molecular complexity index is 260. The SMILES string of the molecule is CC(C)(CC(=O)NCC(F)(F)F)C(=O)O. The first-order valence-corrected chi connectivity index (χ1v) is 4.11. The van der Waals surface area contributed by atoms with Gasteiger partial charge in [0.05, 0.1) is 5.41 Å². The molecule has 0 aromatic heterocycles. The van der Waals surface area contributed by atoms with E-state index in [0.717, 1.165) is 0 Å². The maximum Gasteiger partial charge on any atom is 0.405 e. The monoisotopic (exact) mass is 227 g/mol. The first-order valence-electron chi connectivity index (χ1n) is 4.11. The molecule has 0 aliphatic carbocycles. The summed E-state index contributed by atoms with van der Waals surface area (Å²) >= 11 is 0. The van der Waals surface area contributed by atoms with Crippen LogP contribution in [0.4, 0.5) is 13.2 Å². The van der Waals surface area contributed by atoms with Crippen molar-refractivity contribution in [1.29, 1.82) is 0 Å². The number of aliphatic carboxylic acids is 1. The fourth-order valence-corrected chi connectivity index (χ4v) is 0.738. The smallest absolute Gasteiger partial charge is 0.405 e. The first kappa shape index (κ1) is 13.7. The zero-order chi connectivity index (χ0) is 12.3. The fourth-order valence-electron chi connectivity index (χ4n) is 0.738. The summed E-state index contributed by atoms with van der Waals surface area (Å²) in [4.78, 5) is 21.5. The van der Waals surface area contributed by atoms with Crippen LogP contribution in [0, 0.1) is 5.41 Å². The van der Waals surface area contributed by atoms with Crippen LogP contribution in [-0.2, 0) is 9.59 Å². The van der Waals surface area contributed by atoms with Crippen LogP contribution in [0.5, 0.6) is 0 Å². The number of hydrogen-bond acceptors (Lipinski definition) is 2. The molecule has 0 spiro atoms. The first-order chi connectivity index (χ1) is 6.54. The van der Waals surface area contributed by atoms with Gasteiger partial charge in [0.2, 0.25) is 5.91 Å². The maximum atomic E-state index is 11.7. The molecule has 0 saturated heterocycles. The zero-order valence-electron chi connectivity index (χ0n) is 8.31. The molecule has 0 atom stereocenters. The van der Waals surface area contributed by atoms with E-state index in [4.69, 9.17) is 5.11 Å². The van der Waals surface area contributed by atoms with Gasteiger partial charge in [0, 0.05) is 6.42 Å². The van der Waals surface area contributed by atoms with Crippen molar-refractivity contribution in [3.63, 3.8) is 0 Å². The summed E-state index contributed by atoms with van der Waals surface area (Å²) in [5.74, 6) is -2.16. The van der Waals surface area contributed by atoms with Crippen molar-refractivity contribution in [2.75, 3.05) is 6.54 Å². The van der Waals surface area contributed by atoms with Crippen molar-refractivity contribution >= 4 is 11.9 Å². The summed E-state index contributed by atoms with van der Waals surface area (Å²) in [7, 11) is 0. The van der Waals surface area contributed by atoms with E-state index >= 15 is 0 Å². The van der Waals surface area contributed by atoms with Crippen LogP contribution in [0.2, 0.25) is 0 Å². The minimum Gasteiger partial charge on any atom is -0.481 e. The molecule has 0 fully saturated rings. The molecule has 15 heavy (non-hydrogen) atoms. The van der Waals surface area contributed by atoms with Gasteiger partial charge in [-0.1, -0.05) is 0 Å². The Labute approximate surface area is 84.5 Å². The summed E-state index contributed by atoms with van der Waals surface area (Å²) < 4.78 is 35.0. The molecule has 0 saturated carbocycles. The number of nitrogens with one attached hydrogen (secondary N) is 1. The quantitative estimate of drug-likeness (QED) is 0.757. The normalized spacial score (nSPS) is 12.3. The molecule has 2 N–H and O–H groups in total. The van der Waals surface area contributed by atoms with Gasteiger partial charge in [-0.3, -0.25) is 9.59 Å². The largest absolute Gasteiger partial charge is 0.481 e. The lowest BCUT2D eigenvalue weighted by Crippen LogP contribution is -2.38. The Balaban J connectivity index is 4.11. The second kappa shape index (κ2) is 4.50. The van der Waals surface area contributed by atoms with Crippen LogP contribution < -0.4 is 5.32 Å². The molecule has 4 nitrogen and oxygen atoms in total. The highest BCUT2D eigenvalue weighted by Crippen LogP contribution is 2.20. The predicted molar refractivity (Wildman–Crippen MR) is 45.1 cm³/mol. The van der Waals surface area contributed by atoms with E-state index < -0.39 is 36.4 Å². The molecule has 0 aliphatic rings. The standard InChI is InChI=1S/C8H12F3NO3/c1-7(2,6(14)15)3-5(13)12-4-8(9,10)11/h3-4H2,1-2H3,(H,12,13)(H,14,15). The number of carboxylic acids is 1. The van der Waals surface area contributed by atoms with Crippen molar-refractivity contribution < 1.29 is 27.9 Å². The molecule has 7 heteroatoms. The highest BCUT2D eigenvalue weighted by molar-refractivity contribution is 5.84. The topological polar surface area (TPSA) is 66.4 Å². The average molecular weight is 227 g/mol. The second-order valence-corrected chi connectivity index (χ2v) is 3.76. The van der Waals surface area contributed by atoms with Crippen molar-refractivity contribution in [3.8, 4) is 0 Å². The van der Waals surface area contributed by atoms with E-state index in [1.807, 2.05) is 0 Å². The molecule has 0 unspecified atom stereocenters. The lowest BCUT2D eigenvalue weighted by Gasteiger charge is -2.18. The minimum atomic E-state index is -4.48. The lowest BCUT2D eigenvalue weighted by atomic mass is 9.89. The molecule has 0 radical (unpaired) electrons. The third-order valence-corrected chi connectivity index (χ3v) is 1.67. The van der Waals surface area contributed by atoms with Gasteiger partial charge in [-0.2, -0.15) is 13.2 Å². The molecular formula is C8H12F3NO3. The lowest BCUT2D eigenvalue weighted by molar-refractivity contribution is -0.151. The van der Waals surface area contributed by atoms with Gasteiger partial charge in [0.15, 0.2) is 0 Å². The van der Waals surface area contributed by atoms with Crippen LogP contribution in [0.25, 0.3) is 0 Å². The highest BCUT2D eigenvalue weighted by Gasteiger charge is 2.32. The second-order valence-electron chi connectivity index (χ2n) is 3.76. The van der Waals surface area contributed by atoms with E-state index in [0.29, 0.717) is 0 Å². The molecule has 0 aromatic carbocycles. The minimum absolute atomic E-state index is 0.488. The van der Waals surface area contributed by atoms with Crippen LogP contribution >= 0.6 is 0 Å². The molecule has 0 rings (SSSR count). The zero-order valence-corrected chi connectivity index (χ0v) is 8.31. The third kappa shape index (κ3) is 5.92. The number of rotatable bonds is 4. The molecule has 1 amide bonds. The van der Waals surface area contributed by atoms with Gasteiger partial charge >= 0.3 is 12.1 Å². The van der Waals surface area contributed by atoms with Crippen LogP contribution in [-0.4, -0.2) is 29.7 Å². The third-order valence-electron chi connectivity index (χ3n) is 1.67. The Kier molecular flexibility index (Phi) is 4.12. The van der Waals surface area contributed by atoms with Gasteiger partial charge in [-0.15, -0.1) is 0 Å². The molecule has 0 bridgehead atoms. The van der Waals surface area contributed by atoms with Gasteiger partial charge in [0.1, 0.15) is 6.54 Å². The molecular weight excluding hydrogens is 215 g/mol. The summed E-state index contributed by atoms with van der Waals surface area (Å²) in [6.07, 6.45) is -4.97. The van der Waals surface area contributed by atoms with Gasteiger partial charge < -0.3 is 10.4 Å². The van der Waals surface area contributed by atoms with E-state index in [1.54, 1.807) is 5.32 Å². The Morgan fingerprint density at radius 2 is 1.73 bits per heavy atom. The number of carbonyl (C=O) groups is 2. The number of carbonyl (C=O) groups excluding carboxylic acids is 1. The predicted octanol–water partition coefficient (Wildman–Crippen LogP) is 1.17. The Hall–Kier alpha value is -1.27. The van der Waals surface area contributed by atoms with Crippen molar-refractivity contribution in [3.05, 3.63) is 0 Å². The van der Waals surface area contributed by atoms with Gasteiger partial charge in [0.25, 0.3) is 0 Å². The van der Waals surface area contributed by atoms with Crippen LogP contribution in [0.15, 0.2) is 0 Å². The molecule has 0 aromatic rings. The van der Waals surface area contributed by atoms with E-state index in [-0.39, 0.29) is 0 Å². The van der Waals surface area contributed by atoms with Gasteiger partial charge in [-0.05, 0) is 13.8 Å². The fraction of sp³-hybridized carbons (Fsp3) is 0.750. The molecule has 0 heterocycles. The van der Waals surface area contributed by atoms with E-state index in [9.17, 15) is 22.8 Å². The van der Waals surface area contributed by atoms with Crippen molar-refractivity contribution in [2.45, 2.75) is 26.4 Å². The molecule has 88 valence electrons.